The maximum absolute atomic E-state index is 13.3. The Bertz CT molecular complexity index is 961. The third-order valence-corrected chi connectivity index (χ3v) is 6.17. The topological polar surface area (TPSA) is 66.5 Å². The fourth-order valence-corrected chi connectivity index (χ4v) is 3.71. The van der Waals surface area contributed by atoms with Gasteiger partial charge in [0, 0.05) is 7.05 Å². The second kappa shape index (κ2) is 8.14. The van der Waals surface area contributed by atoms with Crippen LogP contribution in [0.4, 0.5) is 8.78 Å². The second-order valence-electron chi connectivity index (χ2n) is 6.47. The molecule has 0 saturated carbocycles. The number of carbonyl (C=O) groups is 1. The lowest BCUT2D eigenvalue weighted by molar-refractivity contribution is -0.121. The molecule has 0 aliphatic carbocycles. The first-order valence-corrected chi connectivity index (χ1v) is 9.74. The summed E-state index contributed by atoms with van der Waals surface area (Å²) in [7, 11) is -2.51. The van der Waals surface area contributed by atoms with Gasteiger partial charge >= 0.3 is 0 Å². The lowest BCUT2D eigenvalue weighted by atomic mass is 10.1. The van der Waals surface area contributed by atoms with Crippen LogP contribution in [0.1, 0.15) is 29.7 Å². The molecule has 2 rings (SSSR count). The first-order valence-electron chi connectivity index (χ1n) is 8.30. The van der Waals surface area contributed by atoms with Crippen LogP contribution in [0, 0.1) is 25.5 Å². The van der Waals surface area contributed by atoms with E-state index in [1.807, 2.05) is 13.8 Å². The van der Waals surface area contributed by atoms with E-state index in [1.54, 1.807) is 19.1 Å². The number of hydrogen-bond donors (Lipinski definition) is 1. The van der Waals surface area contributed by atoms with Crippen molar-refractivity contribution in [2.24, 2.45) is 0 Å². The molecule has 0 fully saturated rings. The van der Waals surface area contributed by atoms with Crippen molar-refractivity contribution in [3.63, 3.8) is 0 Å². The zero-order chi connectivity index (χ0) is 20.4. The average Bonchev–Trinajstić information content (AvgIpc) is 2.59. The second-order valence-corrected chi connectivity index (χ2v) is 8.51. The monoisotopic (exact) mass is 396 g/mol. The molecule has 0 spiro atoms. The number of sulfonamides is 1. The molecule has 8 heteroatoms. The fraction of sp³-hybridized carbons (Fsp3) is 0.316. The number of nitrogens with one attached hydrogen (secondary N) is 1. The number of amides is 1. The van der Waals surface area contributed by atoms with Crippen LogP contribution in [0.3, 0.4) is 0 Å². The standard InChI is InChI=1S/C19H22F2N2O3S/c1-12-5-7-16(9-13(12)2)27(25,26)23(4)11-19(24)22-14(3)15-6-8-17(20)18(21)10-15/h5-10,14H,11H2,1-4H3,(H,22,24). The number of likely N-dealkylation sites (N-methyl/N-ethyl adjacent to an activating group) is 1. The molecule has 2 aromatic carbocycles. The Balaban J connectivity index is 2.07. The Morgan fingerprint density at radius 2 is 1.74 bits per heavy atom. The first-order chi connectivity index (χ1) is 12.5. The number of benzene rings is 2. The van der Waals surface area contributed by atoms with Gasteiger partial charge in [-0.15, -0.1) is 0 Å². The van der Waals surface area contributed by atoms with Crippen LogP contribution < -0.4 is 5.32 Å². The minimum Gasteiger partial charge on any atom is -0.348 e. The summed E-state index contributed by atoms with van der Waals surface area (Å²) in [5.41, 5.74) is 2.18. The molecule has 5 nitrogen and oxygen atoms in total. The van der Waals surface area contributed by atoms with Crippen molar-refractivity contribution in [3.8, 4) is 0 Å². The van der Waals surface area contributed by atoms with E-state index in [1.165, 1.54) is 19.2 Å². The minimum atomic E-state index is -3.82. The summed E-state index contributed by atoms with van der Waals surface area (Å²) in [5.74, 6) is -2.54. The lowest BCUT2D eigenvalue weighted by Crippen LogP contribution is -2.39. The van der Waals surface area contributed by atoms with Crippen molar-refractivity contribution < 1.29 is 22.0 Å². The van der Waals surface area contributed by atoms with Crippen molar-refractivity contribution >= 4 is 15.9 Å². The van der Waals surface area contributed by atoms with Crippen LogP contribution in [0.5, 0.6) is 0 Å². The number of hydrogen-bond acceptors (Lipinski definition) is 3. The van der Waals surface area contributed by atoms with Gasteiger partial charge < -0.3 is 5.32 Å². The number of aryl methyl sites for hydroxylation is 2. The van der Waals surface area contributed by atoms with Crippen molar-refractivity contribution in [1.29, 1.82) is 0 Å². The van der Waals surface area contributed by atoms with Gasteiger partial charge in [-0.25, -0.2) is 17.2 Å². The van der Waals surface area contributed by atoms with Gasteiger partial charge in [0.15, 0.2) is 11.6 Å². The largest absolute Gasteiger partial charge is 0.348 e. The van der Waals surface area contributed by atoms with E-state index in [0.29, 0.717) is 5.56 Å². The van der Waals surface area contributed by atoms with E-state index in [2.05, 4.69) is 5.32 Å². The van der Waals surface area contributed by atoms with Crippen molar-refractivity contribution in [2.45, 2.75) is 31.7 Å². The van der Waals surface area contributed by atoms with Crippen LogP contribution >= 0.6 is 0 Å². The van der Waals surface area contributed by atoms with E-state index in [4.69, 9.17) is 0 Å². The first kappa shape index (κ1) is 21.0. The maximum Gasteiger partial charge on any atom is 0.243 e. The van der Waals surface area contributed by atoms with E-state index >= 15 is 0 Å². The predicted molar refractivity (Wildman–Crippen MR) is 98.6 cm³/mol. The normalized spacial score (nSPS) is 12.9. The summed E-state index contributed by atoms with van der Waals surface area (Å²) in [6, 6.07) is 7.49. The van der Waals surface area contributed by atoms with Gasteiger partial charge in [0.1, 0.15) is 0 Å². The zero-order valence-electron chi connectivity index (χ0n) is 15.6. The predicted octanol–water partition coefficient (Wildman–Crippen LogP) is 3.08. The van der Waals surface area contributed by atoms with Gasteiger partial charge in [0.05, 0.1) is 17.5 Å². The Morgan fingerprint density at radius 1 is 1.07 bits per heavy atom. The fourth-order valence-electron chi connectivity index (χ4n) is 2.49. The minimum absolute atomic E-state index is 0.106. The molecule has 0 heterocycles. The average molecular weight is 396 g/mol. The molecule has 0 aliphatic heterocycles. The highest BCUT2D eigenvalue weighted by Crippen LogP contribution is 2.19. The molecule has 1 unspecified atom stereocenters. The van der Waals surface area contributed by atoms with Crippen LogP contribution in [0.2, 0.25) is 0 Å². The molecule has 0 aromatic heterocycles. The highest BCUT2D eigenvalue weighted by Gasteiger charge is 2.24. The summed E-state index contributed by atoms with van der Waals surface area (Å²) in [4.78, 5) is 12.3. The van der Waals surface area contributed by atoms with Crippen LogP contribution in [0.15, 0.2) is 41.3 Å². The molecular weight excluding hydrogens is 374 g/mol. The van der Waals surface area contributed by atoms with E-state index in [-0.39, 0.29) is 4.90 Å². The number of nitrogens with zero attached hydrogens (tertiary/aromatic N) is 1. The van der Waals surface area contributed by atoms with Crippen LogP contribution in [-0.4, -0.2) is 32.2 Å². The summed E-state index contributed by atoms with van der Waals surface area (Å²) in [6.45, 7) is 4.89. The quantitative estimate of drug-likeness (QED) is 0.816. The van der Waals surface area contributed by atoms with Crippen LogP contribution in [-0.2, 0) is 14.8 Å². The van der Waals surface area contributed by atoms with E-state index in [0.717, 1.165) is 27.6 Å². The molecule has 0 aliphatic rings. The molecule has 146 valence electrons. The Morgan fingerprint density at radius 3 is 2.33 bits per heavy atom. The SMILES string of the molecule is Cc1ccc(S(=O)(=O)N(C)CC(=O)NC(C)c2ccc(F)c(F)c2)cc1C. The highest BCUT2D eigenvalue weighted by atomic mass is 32.2. The van der Waals surface area contributed by atoms with Gasteiger partial charge in [-0.2, -0.15) is 4.31 Å². The molecule has 2 aromatic rings. The van der Waals surface area contributed by atoms with Gasteiger partial charge in [-0.1, -0.05) is 12.1 Å². The molecule has 0 bridgehead atoms. The Labute approximate surface area is 158 Å². The molecule has 27 heavy (non-hydrogen) atoms. The molecule has 1 amide bonds. The van der Waals surface area contributed by atoms with E-state index < -0.39 is 40.2 Å². The van der Waals surface area contributed by atoms with E-state index in [9.17, 15) is 22.0 Å². The summed E-state index contributed by atoms with van der Waals surface area (Å²) >= 11 is 0. The van der Waals surface area contributed by atoms with Crippen molar-refractivity contribution in [1.82, 2.24) is 9.62 Å². The molecular formula is C19H22F2N2O3S. The zero-order valence-corrected chi connectivity index (χ0v) is 16.4. The third kappa shape index (κ3) is 4.90. The number of carbonyl (C=O) groups excluding carboxylic acids is 1. The van der Waals surface area contributed by atoms with Crippen LogP contribution in [0.25, 0.3) is 0 Å². The highest BCUT2D eigenvalue weighted by molar-refractivity contribution is 7.89. The van der Waals surface area contributed by atoms with Crippen molar-refractivity contribution in [2.75, 3.05) is 13.6 Å². The molecule has 0 saturated heterocycles. The Kier molecular flexibility index (Phi) is 6.33. The van der Waals surface area contributed by atoms with Gasteiger partial charge in [-0.3, -0.25) is 4.79 Å². The Hall–Kier alpha value is -2.32. The summed E-state index contributed by atoms with van der Waals surface area (Å²) in [6.07, 6.45) is 0. The number of halogens is 2. The maximum atomic E-state index is 13.3. The van der Waals surface area contributed by atoms with Gasteiger partial charge in [0.25, 0.3) is 0 Å². The summed E-state index contributed by atoms with van der Waals surface area (Å²) < 4.78 is 52.5. The number of rotatable bonds is 6. The van der Waals surface area contributed by atoms with Gasteiger partial charge in [-0.05, 0) is 61.7 Å². The molecule has 1 N–H and O–H groups in total. The smallest absolute Gasteiger partial charge is 0.243 e. The molecule has 0 radical (unpaired) electrons. The van der Waals surface area contributed by atoms with Gasteiger partial charge in [0.2, 0.25) is 15.9 Å². The third-order valence-electron chi connectivity index (χ3n) is 4.37. The van der Waals surface area contributed by atoms with Crippen molar-refractivity contribution in [3.05, 3.63) is 64.7 Å². The lowest BCUT2D eigenvalue weighted by Gasteiger charge is -2.20. The summed E-state index contributed by atoms with van der Waals surface area (Å²) in [5, 5.41) is 2.58. The molecule has 1 atom stereocenters.